The van der Waals surface area contributed by atoms with Crippen molar-refractivity contribution in [1.29, 1.82) is 0 Å². The fourth-order valence-electron chi connectivity index (χ4n) is 2.33. The third kappa shape index (κ3) is 4.66. The summed E-state index contributed by atoms with van der Waals surface area (Å²) in [6.45, 7) is 1.57. The Morgan fingerprint density at radius 1 is 1.12 bits per heavy atom. The van der Waals surface area contributed by atoms with Gasteiger partial charge in [-0.05, 0) is 13.3 Å². The van der Waals surface area contributed by atoms with Gasteiger partial charge in [0.2, 0.25) is 6.10 Å². The zero-order valence-electron chi connectivity index (χ0n) is 13.8. The fourth-order valence-corrected chi connectivity index (χ4v) is 2.33. The van der Waals surface area contributed by atoms with E-state index < -0.39 is 29.3 Å². The lowest BCUT2D eigenvalue weighted by Crippen LogP contribution is -2.28. The van der Waals surface area contributed by atoms with Gasteiger partial charge in [-0.2, -0.15) is 0 Å². The SMILES string of the molecule is COC(=O)C(OC(=O)CCc1c(C)[nH]c(=O)[nH]c1=O)c1ccccc1. The number of carbonyl (C=O) groups excluding carboxylic acids is 2. The Morgan fingerprint density at radius 3 is 2.40 bits per heavy atom. The van der Waals surface area contributed by atoms with Crippen LogP contribution in [-0.2, 0) is 25.5 Å². The highest BCUT2D eigenvalue weighted by atomic mass is 16.6. The number of hydrogen-bond donors (Lipinski definition) is 2. The summed E-state index contributed by atoms with van der Waals surface area (Å²) in [5, 5.41) is 0. The van der Waals surface area contributed by atoms with Crippen molar-refractivity contribution in [1.82, 2.24) is 9.97 Å². The molecule has 25 heavy (non-hydrogen) atoms. The summed E-state index contributed by atoms with van der Waals surface area (Å²) in [5.74, 6) is -1.36. The average Bonchev–Trinajstić information content (AvgIpc) is 2.58. The number of benzene rings is 1. The second-order valence-electron chi connectivity index (χ2n) is 5.32. The molecule has 0 radical (unpaired) electrons. The fraction of sp³-hybridized carbons (Fsp3) is 0.294. The molecule has 0 saturated carbocycles. The number of nitrogens with one attached hydrogen (secondary N) is 2. The molecule has 1 atom stereocenters. The average molecular weight is 346 g/mol. The summed E-state index contributed by atoms with van der Waals surface area (Å²) in [7, 11) is 1.20. The molecule has 8 nitrogen and oxygen atoms in total. The number of ether oxygens (including phenoxy) is 2. The monoisotopic (exact) mass is 346 g/mol. The smallest absolute Gasteiger partial charge is 0.351 e. The third-order valence-corrected chi connectivity index (χ3v) is 3.60. The highest BCUT2D eigenvalue weighted by molar-refractivity contribution is 5.80. The van der Waals surface area contributed by atoms with Gasteiger partial charge in [0, 0.05) is 23.2 Å². The largest absolute Gasteiger partial charge is 0.466 e. The highest BCUT2D eigenvalue weighted by Crippen LogP contribution is 2.19. The van der Waals surface area contributed by atoms with E-state index in [1.54, 1.807) is 37.3 Å². The summed E-state index contributed by atoms with van der Waals surface area (Å²) in [6.07, 6.45) is -1.23. The number of rotatable bonds is 6. The molecule has 0 saturated heterocycles. The van der Waals surface area contributed by atoms with Crippen LogP contribution in [0.2, 0.25) is 0 Å². The lowest BCUT2D eigenvalue weighted by Gasteiger charge is -2.16. The summed E-state index contributed by atoms with van der Waals surface area (Å²) in [4.78, 5) is 51.5. The van der Waals surface area contributed by atoms with Gasteiger partial charge in [0.15, 0.2) is 0 Å². The maximum atomic E-state index is 12.1. The molecular formula is C17H18N2O6. The van der Waals surface area contributed by atoms with Crippen molar-refractivity contribution in [3.63, 3.8) is 0 Å². The quantitative estimate of drug-likeness (QED) is 0.746. The maximum absolute atomic E-state index is 12.1. The van der Waals surface area contributed by atoms with Gasteiger partial charge >= 0.3 is 17.6 Å². The molecule has 2 N–H and O–H groups in total. The molecular weight excluding hydrogens is 328 g/mol. The van der Waals surface area contributed by atoms with E-state index in [0.717, 1.165) is 0 Å². The summed E-state index contributed by atoms with van der Waals surface area (Å²) in [5.41, 5.74) is -0.00828. The minimum Gasteiger partial charge on any atom is -0.466 e. The first kappa shape index (κ1) is 18.2. The lowest BCUT2D eigenvalue weighted by molar-refractivity contribution is -0.166. The normalized spacial score (nSPS) is 11.6. The van der Waals surface area contributed by atoms with Crippen LogP contribution >= 0.6 is 0 Å². The minimum atomic E-state index is -1.17. The van der Waals surface area contributed by atoms with E-state index in [1.165, 1.54) is 7.11 Å². The number of H-pyrrole nitrogens is 2. The molecule has 132 valence electrons. The molecule has 1 heterocycles. The molecule has 8 heteroatoms. The minimum absolute atomic E-state index is 0.0689. The molecule has 1 aromatic heterocycles. The van der Waals surface area contributed by atoms with Crippen LogP contribution in [-0.4, -0.2) is 29.0 Å². The second kappa shape index (κ2) is 8.09. The molecule has 2 aromatic rings. The lowest BCUT2D eigenvalue weighted by atomic mass is 10.1. The van der Waals surface area contributed by atoms with Crippen molar-refractivity contribution in [2.45, 2.75) is 25.9 Å². The molecule has 0 bridgehead atoms. The van der Waals surface area contributed by atoms with E-state index in [4.69, 9.17) is 4.74 Å². The Morgan fingerprint density at radius 2 is 1.80 bits per heavy atom. The molecule has 1 aromatic carbocycles. The number of aromatic nitrogens is 2. The predicted molar refractivity (Wildman–Crippen MR) is 88.0 cm³/mol. The molecule has 0 aliphatic carbocycles. The van der Waals surface area contributed by atoms with Crippen molar-refractivity contribution in [3.8, 4) is 0 Å². The number of esters is 2. The number of carbonyl (C=O) groups is 2. The summed E-state index contributed by atoms with van der Waals surface area (Å²) >= 11 is 0. The van der Waals surface area contributed by atoms with Gasteiger partial charge in [0.25, 0.3) is 5.56 Å². The number of hydrogen-bond acceptors (Lipinski definition) is 6. The topological polar surface area (TPSA) is 118 Å². The summed E-state index contributed by atoms with van der Waals surface area (Å²) < 4.78 is 9.89. The van der Waals surface area contributed by atoms with Crippen molar-refractivity contribution in [3.05, 3.63) is 68.0 Å². The van der Waals surface area contributed by atoms with Gasteiger partial charge < -0.3 is 14.5 Å². The Hall–Kier alpha value is -3.16. The third-order valence-electron chi connectivity index (χ3n) is 3.60. The van der Waals surface area contributed by atoms with Crippen LogP contribution in [0.4, 0.5) is 0 Å². The van der Waals surface area contributed by atoms with Gasteiger partial charge in [-0.25, -0.2) is 9.59 Å². The van der Waals surface area contributed by atoms with Gasteiger partial charge in [0.1, 0.15) is 0 Å². The zero-order valence-corrected chi connectivity index (χ0v) is 13.8. The highest BCUT2D eigenvalue weighted by Gasteiger charge is 2.25. The van der Waals surface area contributed by atoms with E-state index in [9.17, 15) is 19.2 Å². The second-order valence-corrected chi connectivity index (χ2v) is 5.32. The van der Waals surface area contributed by atoms with Crippen LogP contribution in [0.1, 0.15) is 29.3 Å². The van der Waals surface area contributed by atoms with Gasteiger partial charge in [-0.1, -0.05) is 30.3 Å². The van der Waals surface area contributed by atoms with Crippen LogP contribution in [0.25, 0.3) is 0 Å². The van der Waals surface area contributed by atoms with Crippen LogP contribution in [0.15, 0.2) is 39.9 Å². The number of aromatic amines is 2. The van der Waals surface area contributed by atoms with E-state index >= 15 is 0 Å². The predicted octanol–water partition coefficient (Wildman–Crippen LogP) is 0.762. The zero-order chi connectivity index (χ0) is 18.4. The molecule has 0 aliphatic heterocycles. The van der Waals surface area contributed by atoms with Crippen molar-refractivity contribution < 1.29 is 19.1 Å². The van der Waals surface area contributed by atoms with Crippen molar-refractivity contribution in [2.24, 2.45) is 0 Å². The maximum Gasteiger partial charge on any atom is 0.351 e. The van der Waals surface area contributed by atoms with E-state index in [-0.39, 0.29) is 18.4 Å². The van der Waals surface area contributed by atoms with Crippen molar-refractivity contribution >= 4 is 11.9 Å². The van der Waals surface area contributed by atoms with Crippen LogP contribution in [0, 0.1) is 6.92 Å². The summed E-state index contributed by atoms with van der Waals surface area (Å²) in [6, 6.07) is 8.48. The molecule has 0 spiro atoms. The molecule has 0 amide bonds. The Bertz CT molecular complexity index is 869. The standard InChI is InChI=1S/C17H18N2O6/c1-10-12(15(21)19-17(23)18-10)8-9-13(20)25-14(16(22)24-2)11-6-4-3-5-7-11/h3-7,14H,8-9H2,1-2H3,(H2,18,19,21,23). The first-order chi connectivity index (χ1) is 11.9. The number of methoxy groups -OCH3 is 1. The first-order valence-electron chi connectivity index (χ1n) is 7.56. The Kier molecular flexibility index (Phi) is 5.89. The van der Waals surface area contributed by atoms with E-state index in [0.29, 0.717) is 11.3 Å². The van der Waals surface area contributed by atoms with Gasteiger partial charge in [0.05, 0.1) is 7.11 Å². The molecule has 1 unspecified atom stereocenters. The van der Waals surface area contributed by atoms with E-state index in [1.807, 2.05) is 0 Å². The van der Waals surface area contributed by atoms with Crippen LogP contribution in [0.3, 0.4) is 0 Å². The van der Waals surface area contributed by atoms with Gasteiger partial charge in [-0.3, -0.25) is 14.6 Å². The van der Waals surface area contributed by atoms with Crippen LogP contribution < -0.4 is 11.2 Å². The van der Waals surface area contributed by atoms with E-state index in [2.05, 4.69) is 14.7 Å². The Labute approximate surface area is 142 Å². The molecule has 0 aliphatic rings. The van der Waals surface area contributed by atoms with Crippen LogP contribution in [0.5, 0.6) is 0 Å². The van der Waals surface area contributed by atoms with Gasteiger partial charge in [-0.15, -0.1) is 0 Å². The number of aryl methyl sites for hydroxylation is 1. The Balaban J connectivity index is 2.09. The first-order valence-corrected chi connectivity index (χ1v) is 7.56. The molecule has 2 rings (SSSR count). The van der Waals surface area contributed by atoms with Crippen molar-refractivity contribution in [2.75, 3.05) is 7.11 Å². The molecule has 0 fully saturated rings.